The number of carbonyl (C=O) groups is 1. The predicted octanol–water partition coefficient (Wildman–Crippen LogP) is 2.03. The molecule has 2 N–H and O–H groups in total. The fourth-order valence-electron chi connectivity index (χ4n) is 2.36. The molecule has 5 nitrogen and oxygen atoms in total. The summed E-state index contributed by atoms with van der Waals surface area (Å²) in [4.78, 5) is 11.9. The number of rotatable bonds is 2. The van der Waals surface area contributed by atoms with Crippen LogP contribution in [0, 0.1) is 6.92 Å². The Morgan fingerprint density at radius 3 is 2.52 bits per heavy atom. The number of fused-ring (bicyclic) bond motifs is 1. The summed E-state index contributed by atoms with van der Waals surface area (Å²) >= 11 is 0. The van der Waals surface area contributed by atoms with Gasteiger partial charge in [0.05, 0.1) is 6.61 Å². The van der Waals surface area contributed by atoms with Gasteiger partial charge in [-0.3, -0.25) is 9.69 Å². The molecule has 1 aromatic rings. The van der Waals surface area contributed by atoms with Crippen molar-refractivity contribution in [2.75, 3.05) is 25.4 Å². The molecule has 2 aliphatic rings. The average Bonchev–Trinajstić information content (AvgIpc) is 2.95. The lowest BCUT2D eigenvalue weighted by Gasteiger charge is -2.14. The lowest BCUT2D eigenvalue weighted by Crippen LogP contribution is -2.17. The molecule has 21 heavy (non-hydrogen) atoms. The average molecular weight is 292 g/mol. The molecule has 116 valence electrons. The van der Waals surface area contributed by atoms with E-state index < -0.39 is 0 Å². The normalized spacial score (nSPS) is 26.4. The van der Waals surface area contributed by atoms with E-state index in [2.05, 4.69) is 21.8 Å². The molecule has 0 amide bonds. The molecule has 2 unspecified atom stereocenters. The summed E-state index contributed by atoms with van der Waals surface area (Å²) in [6, 6.07) is 6.19. The lowest BCUT2D eigenvalue weighted by atomic mass is 10.1. The summed E-state index contributed by atoms with van der Waals surface area (Å²) in [5.41, 5.74) is 8.63. The predicted molar refractivity (Wildman–Crippen MR) is 81.7 cm³/mol. The topological polar surface area (TPSA) is 64.6 Å². The Bertz CT molecular complexity index is 525. The van der Waals surface area contributed by atoms with Crippen molar-refractivity contribution in [3.05, 3.63) is 29.3 Å². The zero-order valence-corrected chi connectivity index (χ0v) is 13.2. The third kappa shape index (κ3) is 3.54. The van der Waals surface area contributed by atoms with Gasteiger partial charge in [0.2, 0.25) is 0 Å². The minimum Gasteiger partial charge on any atom is -0.462 e. The molecule has 2 aliphatic heterocycles. The number of morpholine rings is 1. The van der Waals surface area contributed by atoms with Crippen LogP contribution in [0.25, 0.3) is 0 Å². The van der Waals surface area contributed by atoms with Crippen molar-refractivity contribution in [1.82, 2.24) is 4.90 Å². The minimum atomic E-state index is -0.318. The zero-order chi connectivity index (χ0) is 15.7. The number of hydrogen-bond donors (Lipinski definition) is 1. The number of ether oxygens (including phenoxy) is 2. The van der Waals surface area contributed by atoms with E-state index >= 15 is 0 Å². The molecular formula is C16H24N2O3. The monoisotopic (exact) mass is 292 g/mol. The highest BCUT2D eigenvalue weighted by molar-refractivity contribution is 5.49. The van der Waals surface area contributed by atoms with E-state index in [-0.39, 0.29) is 11.3 Å². The summed E-state index contributed by atoms with van der Waals surface area (Å²) in [5.74, 6) is 0. The van der Waals surface area contributed by atoms with Crippen LogP contribution in [0.15, 0.2) is 18.2 Å². The first kappa shape index (κ1) is 15.8. The van der Waals surface area contributed by atoms with E-state index in [0.29, 0.717) is 6.47 Å². The molecule has 0 spiro atoms. The number of nitrogen functional groups attached to an aromatic ring is 1. The van der Waals surface area contributed by atoms with Crippen LogP contribution < -0.4 is 5.73 Å². The summed E-state index contributed by atoms with van der Waals surface area (Å²) in [6.45, 7) is 10.9. The smallest absolute Gasteiger partial charge is 0.293 e. The second-order valence-corrected chi connectivity index (χ2v) is 6.45. The third-order valence-corrected chi connectivity index (χ3v) is 3.64. The van der Waals surface area contributed by atoms with Crippen molar-refractivity contribution in [3.8, 4) is 0 Å². The number of benzene rings is 1. The zero-order valence-electron chi connectivity index (χ0n) is 13.2. The molecule has 0 aromatic heterocycles. The van der Waals surface area contributed by atoms with Gasteiger partial charge in [0.1, 0.15) is 5.60 Å². The maximum Gasteiger partial charge on any atom is 0.293 e. The van der Waals surface area contributed by atoms with E-state index in [1.54, 1.807) is 0 Å². The van der Waals surface area contributed by atoms with Gasteiger partial charge >= 0.3 is 0 Å². The molecular weight excluding hydrogens is 268 g/mol. The van der Waals surface area contributed by atoms with Crippen LogP contribution in [-0.2, 0) is 20.0 Å². The van der Waals surface area contributed by atoms with Crippen LogP contribution in [0.2, 0.25) is 0 Å². The highest BCUT2D eigenvalue weighted by atomic mass is 16.5. The Kier molecular flexibility index (Phi) is 4.25. The van der Waals surface area contributed by atoms with E-state index in [1.165, 1.54) is 5.56 Å². The first-order valence-corrected chi connectivity index (χ1v) is 7.15. The number of anilines is 1. The van der Waals surface area contributed by atoms with Crippen LogP contribution in [-0.4, -0.2) is 36.7 Å². The molecule has 3 rings (SSSR count). The van der Waals surface area contributed by atoms with Gasteiger partial charge in [0, 0.05) is 24.3 Å². The van der Waals surface area contributed by atoms with E-state index in [9.17, 15) is 4.79 Å². The van der Waals surface area contributed by atoms with Gasteiger partial charge in [-0.15, -0.1) is 0 Å². The Labute approximate surface area is 126 Å². The van der Waals surface area contributed by atoms with E-state index in [0.717, 1.165) is 30.9 Å². The Balaban J connectivity index is 0.000000199. The van der Waals surface area contributed by atoms with Crippen molar-refractivity contribution < 1.29 is 14.3 Å². The van der Waals surface area contributed by atoms with Crippen molar-refractivity contribution in [2.24, 2.45) is 0 Å². The Morgan fingerprint density at radius 1 is 1.43 bits per heavy atom. The highest BCUT2D eigenvalue weighted by Gasteiger charge is 2.58. The number of hydrogen-bond acceptors (Lipinski definition) is 5. The van der Waals surface area contributed by atoms with Crippen molar-refractivity contribution in [2.45, 2.75) is 39.0 Å². The second kappa shape index (κ2) is 5.66. The summed E-state index contributed by atoms with van der Waals surface area (Å²) < 4.78 is 10.3. The molecule has 0 bridgehead atoms. The van der Waals surface area contributed by atoms with Gasteiger partial charge in [-0.1, -0.05) is 6.07 Å². The molecule has 1 aromatic carbocycles. The summed E-state index contributed by atoms with van der Waals surface area (Å²) in [7, 11) is 0. The maximum atomic E-state index is 9.60. The largest absolute Gasteiger partial charge is 0.462 e. The number of nitrogens with two attached hydrogens (primary N) is 1. The van der Waals surface area contributed by atoms with Gasteiger partial charge in [0.25, 0.3) is 6.47 Å². The van der Waals surface area contributed by atoms with Gasteiger partial charge < -0.3 is 15.2 Å². The van der Waals surface area contributed by atoms with Crippen LogP contribution in [0.5, 0.6) is 0 Å². The second-order valence-electron chi connectivity index (χ2n) is 6.45. The molecule has 5 heteroatoms. The first-order chi connectivity index (χ1) is 9.78. The quantitative estimate of drug-likeness (QED) is 0.513. The van der Waals surface area contributed by atoms with Gasteiger partial charge in [-0.05, 0) is 45.4 Å². The maximum absolute atomic E-state index is 9.60. The van der Waals surface area contributed by atoms with Crippen LogP contribution >= 0.6 is 0 Å². The molecule has 2 saturated heterocycles. The standard InChI is InChI=1S/C11H14N2O.C5H10O2/c1-8-6-9(2-3-10(8)12)11-7-13(11)4-5-14-11;1-5(2,3)7-4-6/h2-3,6H,4-5,7,12H2,1H3;4H,1-3H3. The molecule has 2 fully saturated rings. The molecule has 2 heterocycles. The fourth-order valence-corrected chi connectivity index (χ4v) is 2.36. The first-order valence-electron chi connectivity index (χ1n) is 7.15. The van der Waals surface area contributed by atoms with Crippen molar-refractivity contribution in [1.29, 1.82) is 0 Å². The Hall–Kier alpha value is -1.59. The van der Waals surface area contributed by atoms with Crippen molar-refractivity contribution >= 4 is 12.2 Å². The van der Waals surface area contributed by atoms with Crippen molar-refractivity contribution in [3.63, 3.8) is 0 Å². The molecule has 2 atom stereocenters. The SMILES string of the molecule is CC(C)(C)OC=O.Cc1cc(C23CN2CCO3)ccc1N. The van der Waals surface area contributed by atoms with Crippen LogP contribution in [0.1, 0.15) is 31.9 Å². The summed E-state index contributed by atoms with van der Waals surface area (Å²) in [6.07, 6.45) is 0. The minimum absolute atomic E-state index is 0.0849. The third-order valence-electron chi connectivity index (χ3n) is 3.64. The van der Waals surface area contributed by atoms with Gasteiger partial charge in [0.15, 0.2) is 5.72 Å². The van der Waals surface area contributed by atoms with E-state index in [1.807, 2.05) is 33.8 Å². The highest BCUT2D eigenvalue weighted by Crippen LogP contribution is 2.47. The number of aryl methyl sites for hydroxylation is 1. The van der Waals surface area contributed by atoms with Crippen LogP contribution in [0.4, 0.5) is 5.69 Å². The molecule has 0 aliphatic carbocycles. The van der Waals surface area contributed by atoms with Gasteiger partial charge in [-0.2, -0.15) is 0 Å². The summed E-state index contributed by atoms with van der Waals surface area (Å²) in [5, 5.41) is 0. The van der Waals surface area contributed by atoms with Gasteiger partial charge in [-0.25, -0.2) is 0 Å². The van der Waals surface area contributed by atoms with E-state index in [4.69, 9.17) is 10.5 Å². The van der Waals surface area contributed by atoms with Crippen LogP contribution in [0.3, 0.4) is 0 Å². The number of carbonyl (C=O) groups excluding carboxylic acids is 1. The Morgan fingerprint density at radius 2 is 2.14 bits per heavy atom. The number of nitrogens with zero attached hydrogens (tertiary/aromatic N) is 1. The molecule has 0 saturated carbocycles. The fraction of sp³-hybridized carbons (Fsp3) is 0.562. The lowest BCUT2D eigenvalue weighted by molar-refractivity contribution is -0.138. The molecule has 0 radical (unpaired) electrons.